The first kappa shape index (κ1) is 88.0. The lowest BCUT2D eigenvalue weighted by Gasteiger charge is -2.42. The number of rotatable bonds is 27. The van der Waals surface area contributed by atoms with Crippen molar-refractivity contribution < 1.29 is 38.1 Å². The normalized spacial score (nSPS) is 19.7. The summed E-state index contributed by atoms with van der Waals surface area (Å²) in [5.74, 6) is 1.65. The molecule has 11 heterocycles. The van der Waals surface area contributed by atoms with Crippen molar-refractivity contribution in [3.8, 4) is 36.2 Å². The van der Waals surface area contributed by atoms with E-state index < -0.39 is 6.04 Å². The number of allylic oxidation sites excluding steroid dienone is 1. The first-order chi connectivity index (χ1) is 62.8. The second-order valence-electron chi connectivity index (χ2n) is 35.4. The van der Waals surface area contributed by atoms with Crippen LogP contribution in [0.5, 0.6) is 18.0 Å². The van der Waals surface area contributed by atoms with Crippen LogP contribution in [0.4, 0.5) is 34.5 Å². The van der Waals surface area contributed by atoms with E-state index in [1.54, 1.807) is 31.8 Å². The van der Waals surface area contributed by atoms with E-state index in [1.807, 2.05) is 14.0 Å². The van der Waals surface area contributed by atoms with Gasteiger partial charge in [0.15, 0.2) is 0 Å². The van der Waals surface area contributed by atoms with Gasteiger partial charge in [0.1, 0.15) is 30.7 Å². The molecule has 8 aliphatic heterocycles. The van der Waals surface area contributed by atoms with Gasteiger partial charge in [-0.2, -0.15) is 45.7 Å². The fourth-order valence-corrected chi connectivity index (χ4v) is 20.7. The van der Waals surface area contributed by atoms with Crippen LogP contribution >= 0.6 is 0 Å². The van der Waals surface area contributed by atoms with E-state index >= 15 is 0 Å². The molecule has 6 aromatic carbocycles. The van der Waals surface area contributed by atoms with E-state index in [-0.39, 0.29) is 86.2 Å². The standard InChI is InChI=1S/C100H115N21O8/c1-9-18-91(125)121-50-47-118(60-74(121)32-39-103)97-80-35-44-115(63-83(80)106-100(109-97)129-65-75-25-16-40-110(75)7)86-56-69(55-71-24-13-20-67(5)93(71)86)57-111(8)90(124)36-53-128-99-105-82-62-114(43-34-79(82)96(108-99)117-46-49-120(89(123)11-3)73(59-117)31-38-102)85-29-28-76(77-26-14-21-68(6)94(77)85)87-64-112(51-54-126-87)41-17-52-127-98-104-81-61-113(84-27-15-23-70-22-12-19-66(4)92(70)84)42-33-78(81)95(107-98)116-45-48-119(88(122)10-2)72(58-116)30-37-101/h9-15,18-24,26-29,55-56,72-75,87H,2-3,16-17,25,30-36,40-54,57-65H2,1,4-8H3/b18-9+/t72-,73-,74-,75-,87?/m0/s1. The number of carbonyl (C=O) groups excluding carboxylic acids is 4. The van der Waals surface area contributed by atoms with Gasteiger partial charge in [-0.15, -0.1) is 0 Å². The minimum absolute atomic E-state index is 0.000916. The summed E-state index contributed by atoms with van der Waals surface area (Å²) in [5.41, 5.74) is 14.4. The van der Waals surface area contributed by atoms with Gasteiger partial charge in [-0.25, -0.2) is 0 Å². The first-order valence-electron chi connectivity index (χ1n) is 45.6. The summed E-state index contributed by atoms with van der Waals surface area (Å²) < 4.78 is 26.5. The van der Waals surface area contributed by atoms with E-state index in [0.29, 0.717) is 168 Å². The lowest BCUT2D eigenvalue weighted by Crippen LogP contribution is -2.55. The van der Waals surface area contributed by atoms with Crippen LogP contribution in [0, 0.1) is 54.8 Å². The van der Waals surface area contributed by atoms with Crippen molar-refractivity contribution >= 4 is 90.5 Å². The number of morpholine rings is 1. The van der Waals surface area contributed by atoms with Crippen molar-refractivity contribution in [3.05, 3.63) is 196 Å². The molecule has 4 amide bonds. The van der Waals surface area contributed by atoms with Crippen LogP contribution in [0.15, 0.2) is 135 Å². The molecular weight excluding hydrogens is 1620 g/mol. The molecule has 3 aromatic heterocycles. The average molecular weight is 1740 g/mol. The summed E-state index contributed by atoms with van der Waals surface area (Å²) >= 11 is 0. The van der Waals surface area contributed by atoms with Gasteiger partial charge in [0, 0.05) is 168 Å². The van der Waals surface area contributed by atoms with E-state index in [4.69, 9.17) is 48.9 Å². The highest BCUT2D eigenvalue weighted by Gasteiger charge is 2.40. The molecule has 29 nitrogen and oxygen atoms in total. The Morgan fingerprint density at radius 1 is 0.527 bits per heavy atom. The molecule has 1 unspecified atom stereocenters. The van der Waals surface area contributed by atoms with Crippen molar-refractivity contribution in [1.29, 1.82) is 15.8 Å². The van der Waals surface area contributed by atoms with Crippen molar-refractivity contribution in [3.63, 3.8) is 0 Å². The number of amides is 4. The van der Waals surface area contributed by atoms with Crippen LogP contribution in [0.25, 0.3) is 32.3 Å². The number of aryl methyl sites for hydroxylation is 3. The monoisotopic (exact) mass is 1740 g/mol. The van der Waals surface area contributed by atoms with Gasteiger partial charge < -0.3 is 72.8 Å². The zero-order chi connectivity index (χ0) is 89.5. The van der Waals surface area contributed by atoms with E-state index in [0.717, 1.165) is 145 Å². The van der Waals surface area contributed by atoms with Crippen LogP contribution in [0.2, 0.25) is 0 Å². The smallest absolute Gasteiger partial charge is 0.318 e. The largest absolute Gasteiger partial charge is 0.463 e. The molecule has 5 atom stereocenters. The van der Waals surface area contributed by atoms with Crippen molar-refractivity contribution in [2.24, 2.45) is 0 Å². The van der Waals surface area contributed by atoms with Crippen molar-refractivity contribution in [2.75, 3.05) is 175 Å². The first-order valence-corrected chi connectivity index (χ1v) is 45.6. The molecule has 29 heteroatoms. The third kappa shape index (κ3) is 18.7. The number of nitriles is 3. The Morgan fingerprint density at radius 3 is 1.56 bits per heavy atom. The highest BCUT2D eigenvalue weighted by molar-refractivity contribution is 6.01. The zero-order valence-corrected chi connectivity index (χ0v) is 75.0. The van der Waals surface area contributed by atoms with Gasteiger partial charge >= 0.3 is 18.0 Å². The number of nitrogens with zero attached hydrogens (tertiary/aromatic N) is 21. The maximum atomic E-state index is 14.6. The average Bonchev–Trinajstić information content (AvgIpc) is 1.04. The van der Waals surface area contributed by atoms with E-state index in [2.05, 4.69) is 195 Å². The molecular formula is C100H115N21O8. The molecule has 0 saturated carbocycles. The van der Waals surface area contributed by atoms with Gasteiger partial charge in [0.2, 0.25) is 23.6 Å². The predicted molar refractivity (Wildman–Crippen MR) is 498 cm³/mol. The predicted octanol–water partition coefficient (Wildman–Crippen LogP) is 11.6. The fourth-order valence-electron chi connectivity index (χ4n) is 20.7. The van der Waals surface area contributed by atoms with Crippen molar-refractivity contribution in [1.82, 2.24) is 59.3 Å². The van der Waals surface area contributed by atoms with Gasteiger partial charge in [-0.3, -0.25) is 24.1 Å². The molecule has 17 rings (SSSR count). The molecule has 0 aliphatic carbocycles. The van der Waals surface area contributed by atoms with Crippen LogP contribution in [-0.4, -0.2) is 252 Å². The molecule has 5 fully saturated rings. The number of anilines is 6. The number of aromatic nitrogens is 6. The summed E-state index contributed by atoms with van der Waals surface area (Å²) in [6, 6.07) is 41.5. The number of piperazine rings is 3. The Bertz CT molecular complexity index is 5940. The van der Waals surface area contributed by atoms with Crippen LogP contribution in [-0.2, 0) is 69.4 Å². The van der Waals surface area contributed by atoms with Crippen LogP contribution in [0.3, 0.4) is 0 Å². The molecule has 8 aliphatic rings. The molecule has 0 spiro atoms. The lowest BCUT2D eigenvalue weighted by molar-refractivity contribution is -0.131. The maximum Gasteiger partial charge on any atom is 0.318 e. The molecule has 668 valence electrons. The number of carbonyl (C=O) groups is 4. The SMILES string of the molecule is C=CC(=O)N1CCN(c2nc(OCCCN3CCOC(c4ccc(N5CCc6c(nc(OCCC(=O)N(C)Cc7cc(N8CCc9c(nc(OC[C@@H]%10CCCN%10C)nc9N9CCN(C(=O)/C=C/C)[C@@H](CC#N)C9)C8)c8c(C)cccc8c7)nc6N6CCN(C(=O)C=C)[C@@H](CC#N)C6)C5)c5c(C)cccc45)C3)nc3c2CCN(c2cccc4cccc(C)c24)C3)C[C@@H]1CC#N. The minimum Gasteiger partial charge on any atom is -0.463 e. The Labute approximate surface area is 755 Å². The minimum atomic E-state index is -0.409. The highest BCUT2D eigenvalue weighted by atomic mass is 16.5. The maximum absolute atomic E-state index is 14.6. The Hall–Kier alpha value is -13.0. The number of likely N-dealkylation sites (N-methyl/N-ethyl adjacent to an activating group) is 1. The second-order valence-corrected chi connectivity index (χ2v) is 35.4. The van der Waals surface area contributed by atoms with Gasteiger partial charge in [-0.1, -0.05) is 92.0 Å². The summed E-state index contributed by atoms with van der Waals surface area (Å²) in [5, 5.41) is 36.9. The number of likely N-dealkylation sites (tertiary alicyclic amines) is 1. The molecule has 129 heavy (non-hydrogen) atoms. The number of benzene rings is 6. The van der Waals surface area contributed by atoms with Gasteiger partial charge in [0.05, 0.1) is 118 Å². The van der Waals surface area contributed by atoms with Crippen molar-refractivity contribution in [2.45, 2.75) is 148 Å². The van der Waals surface area contributed by atoms with E-state index in [1.165, 1.54) is 28.5 Å². The number of hydrogen-bond acceptors (Lipinski definition) is 25. The van der Waals surface area contributed by atoms with Crippen LogP contribution < -0.4 is 43.6 Å². The lowest BCUT2D eigenvalue weighted by atomic mass is 9.94. The van der Waals surface area contributed by atoms with Gasteiger partial charge in [0.25, 0.3) is 0 Å². The topological polar surface area (TPSA) is 293 Å². The summed E-state index contributed by atoms with van der Waals surface area (Å²) in [6.45, 7) is 28.4. The quantitative estimate of drug-likeness (QED) is 0.0341. The Morgan fingerprint density at radius 2 is 1.02 bits per heavy atom. The third-order valence-corrected chi connectivity index (χ3v) is 27.3. The number of ether oxygens (including phenoxy) is 4. The number of fused-ring (bicyclic) bond motifs is 6. The fraction of sp³-hybridized carbons (Fsp3) is 0.450. The van der Waals surface area contributed by atoms with Crippen LogP contribution in [0.1, 0.15) is 120 Å². The number of hydrogen-bond donors (Lipinski definition) is 0. The highest BCUT2D eigenvalue weighted by Crippen LogP contribution is 2.44. The summed E-state index contributed by atoms with van der Waals surface area (Å²) in [6.07, 6.45) is 11.1. The summed E-state index contributed by atoms with van der Waals surface area (Å²) in [7, 11) is 3.95. The molecule has 0 bridgehead atoms. The molecule has 5 saturated heterocycles. The Kier molecular flexibility index (Phi) is 26.8. The molecule has 9 aromatic rings. The second kappa shape index (κ2) is 39.3. The molecule has 0 N–H and O–H groups in total. The van der Waals surface area contributed by atoms with E-state index in [9.17, 15) is 35.0 Å². The Balaban J connectivity index is 0.581. The molecule has 0 radical (unpaired) electrons. The summed E-state index contributed by atoms with van der Waals surface area (Å²) in [4.78, 5) is 111. The van der Waals surface area contributed by atoms with Gasteiger partial charge in [-0.05, 0) is 166 Å². The third-order valence-electron chi connectivity index (χ3n) is 27.3. The zero-order valence-electron chi connectivity index (χ0n) is 75.0.